The van der Waals surface area contributed by atoms with E-state index in [-0.39, 0.29) is 12.2 Å². The SMILES string of the molecule is CC(C)(C)OC(=O)NCCCCCN(CCCN(CCCN)C(=O)OC(C)(C)C)C(=O)OC(C)(C)C. The summed E-state index contributed by atoms with van der Waals surface area (Å²) >= 11 is 0. The highest BCUT2D eigenvalue weighted by atomic mass is 16.6. The second-order valence-electron chi connectivity index (χ2n) is 11.9. The minimum absolute atomic E-state index is 0.375. The van der Waals surface area contributed by atoms with Crippen molar-refractivity contribution in [1.29, 1.82) is 0 Å². The van der Waals surface area contributed by atoms with Gasteiger partial charge in [0, 0.05) is 32.7 Å². The number of carbonyl (C=O) groups excluding carboxylic acids is 3. The summed E-state index contributed by atoms with van der Waals surface area (Å²) in [5, 5.41) is 2.75. The first-order valence-corrected chi connectivity index (χ1v) is 13.1. The normalized spacial score (nSPS) is 12.1. The van der Waals surface area contributed by atoms with Gasteiger partial charge < -0.3 is 35.1 Å². The van der Waals surface area contributed by atoms with Gasteiger partial charge in [-0.1, -0.05) is 0 Å². The van der Waals surface area contributed by atoms with Gasteiger partial charge in [0.15, 0.2) is 0 Å². The van der Waals surface area contributed by atoms with Crippen molar-refractivity contribution in [2.24, 2.45) is 5.73 Å². The number of unbranched alkanes of at least 4 members (excludes halogenated alkanes) is 2. The fourth-order valence-electron chi connectivity index (χ4n) is 3.09. The average molecular weight is 517 g/mol. The number of nitrogens with one attached hydrogen (secondary N) is 1. The van der Waals surface area contributed by atoms with Gasteiger partial charge >= 0.3 is 18.3 Å². The van der Waals surface area contributed by atoms with Crippen molar-refractivity contribution in [3.05, 3.63) is 0 Å². The van der Waals surface area contributed by atoms with Gasteiger partial charge in [-0.15, -0.1) is 0 Å². The van der Waals surface area contributed by atoms with E-state index in [1.54, 1.807) is 9.80 Å². The zero-order chi connectivity index (χ0) is 28.0. The van der Waals surface area contributed by atoms with Crippen LogP contribution in [0.2, 0.25) is 0 Å². The van der Waals surface area contributed by atoms with Crippen LogP contribution in [0.25, 0.3) is 0 Å². The van der Waals surface area contributed by atoms with Crippen LogP contribution < -0.4 is 11.1 Å². The standard InChI is InChI=1S/C26H52N4O6/c1-24(2,3)34-21(31)28-16-11-10-12-17-29(22(32)35-25(4,5)6)19-14-20-30(18-13-15-27)23(33)36-26(7,8)9/h10-20,27H2,1-9H3,(H,28,31). The molecule has 0 heterocycles. The molecule has 212 valence electrons. The van der Waals surface area contributed by atoms with E-state index in [4.69, 9.17) is 19.9 Å². The second-order valence-corrected chi connectivity index (χ2v) is 11.9. The van der Waals surface area contributed by atoms with Crippen LogP contribution in [0.3, 0.4) is 0 Å². The highest BCUT2D eigenvalue weighted by molar-refractivity contribution is 5.69. The third-order valence-electron chi connectivity index (χ3n) is 4.56. The van der Waals surface area contributed by atoms with Crippen LogP contribution in [-0.4, -0.2) is 84.2 Å². The minimum Gasteiger partial charge on any atom is -0.444 e. The van der Waals surface area contributed by atoms with Crippen LogP contribution in [0, 0.1) is 0 Å². The van der Waals surface area contributed by atoms with Crippen molar-refractivity contribution >= 4 is 18.3 Å². The molecule has 0 spiro atoms. The van der Waals surface area contributed by atoms with Gasteiger partial charge in [-0.3, -0.25) is 0 Å². The topological polar surface area (TPSA) is 123 Å². The fourth-order valence-corrected chi connectivity index (χ4v) is 3.09. The lowest BCUT2D eigenvalue weighted by Gasteiger charge is -2.30. The Balaban J connectivity index is 4.79. The molecule has 0 unspecified atom stereocenters. The molecule has 10 heteroatoms. The van der Waals surface area contributed by atoms with Crippen molar-refractivity contribution in [2.75, 3.05) is 39.3 Å². The minimum atomic E-state index is -0.601. The number of hydrogen-bond donors (Lipinski definition) is 2. The first-order valence-electron chi connectivity index (χ1n) is 13.1. The van der Waals surface area contributed by atoms with E-state index in [0.717, 1.165) is 19.3 Å². The Morgan fingerprint density at radius 1 is 0.611 bits per heavy atom. The number of ether oxygens (including phenoxy) is 3. The zero-order valence-corrected chi connectivity index (χ0v) is 24.2. The summed E-state index contributed by atoms with van der Waals surface area (Å²) < 4.78 is 16.3. The number of amides is 3. The molecule has 0 aliphatic carbocycles. The predicted octanol–water partition coefficient (Wildman–Crippen LogP) is 4.89. The average Bonchev–Trinajstić information content (AvgIpc) is 2.67. The lowest BCUT2D eigenvalue weighted by Crippen LogP contribution is -2.41. The van der Waals surface area contributed by atoms with Crippen molar-refractivity contribution in [3.8, 4) is 0 Å². The maximum absolute atomic E-state index is 12.8. The van der Waals surface area contributed by atoms with Gasteiger partial charge in [0.05, 0.1) is 0 Å². The van der Waals surface area contributed by atoms with Crippen LogP contribution in [0.5, 0.6) is 0 Å². The van der Waals surface area contributed by atoms with Crippen LogP contribution in [0.1, 0.15) is 94.4 Å². The summed E-state index contributed by atoms with van der Waals surface area (Å²) in [5.41, 5.74) is 3.92. The molecule has 0 bridgehead atoms. The first kappa shape index (κ1) is 33.8. The van der Waals surface area contributed by atoms with Gasteiger partial charge in [0.1, 0.15) is 16.8 Å². The van der Waals surface area contributed by atoms with E-state index < -0.39 is 22.9 Å². The molecule has 0 aromatic rings. The quantitative estimate of drug-likeness (QED) is 0.264. The Morgan fingerprint density at radius 2 is 1.03 bits per heavy atom. The lowest BCUT2D eigenvalue weighted by atomic mass is 10.2. The number of carbonyl (C=O) groups is 3. The Bertz CT molecular complexity index is 665. The van der Waals surface area contributed by atoms with Gasteiger partial charge in [-0.2, -0.15) is 0 Å². The molecule has 0 rings (SSSR count). The fraction of sp³-hybridized carbons (Fsp3) is 0.885. The van der Waals surface area contributed by atoms with E-state index in [0.29, 0.717) is 52.1 Å². The molecule has 0 aromatic carbocycles. The summed E-state index contributed by atoms with van der Waals surface area (Å²) in [6.07, 6.45) is 2.44. The molecule has 3 amide bonds. The molecule has 0 aliphatic heterocycles. The molecular formula is C26H52N4O6. The van der Waals surface area contributed by atoms with E-state index in [1.807, 2.05) is 62.3 Å². The Hall–Kier alpha value is -2.23. The summed E-state index contributed by atoms with van der Waals surface area (Å²) in [6.45, 7) is 19.4. The number of alkyl carbamates (subject to hydrolysis) is 1. The molecule has 0 aromatic heterocycles. The lowest BCUT2D eigenvalue weighted by molar-refractivity contribution is 0.0202. The van der Waals surface area contributed by atoms with E-state index >= 15 is 0 Å². The Morgan fingerprint density at radius 3 is 1.44 bits per heavy atom. The van der Waals surface area contributed by atoms with Crippen LogP contribution >= 0.6 is 0 Å². The van der Waals surface area contributed by atoms with Crippen LogP contribution in [-0.2, 0) is 14.2 Å². The molecular weight excluding hydrogens is 464 g/mol. The molecule has 0 fully saturated rings. The number of nitrogens with two attached hydrogens (primary N) is 1. The van der Waals surface area contributed by atoms with E-state index in [2.05, 4.69) is 5.32 Å². The highest BCUT2D eigenvalue weighted by Gasteiger charge is 2.24. The Labute approximate surface area is 218 Å². The van der Waals surface area contributed by atoms with Gasteiger partial charge in [-0.25, -0.2) is 14.4 Å². The zero-order valence-electron chi connectivity index (χ0n) is 24.2. The molecule has 0 saturated carbocycles. The summed E-state index contributed by atoms with van der Waals surface area (Å²) in [4.78, 5) is 40.4. The molecule has 0 atom stereocenters. The number of nitrogens with zero attached hydrogens (tertiary/aromatic N) is 2. The van der Waals surface area contributed by atoms with Crippen molar-refractivity contribution in [3.63, 3.8) is 0 Å². The monoisotopic (exact) mass is 516 g/mol. The molecule has 0 saturated heterocycles. The van der Waals surface area contributed by atoms with E-state index in [9.17, 15) is 14.4 Å². The maximum atomic E-state index is 12.8. The smallest absolute Gasteiger partial charge is 0.410 e. The van der Waals surface area contributed by atoms with E-state index in [1.165, 1.54) is 0 Å². The highest BCUT2D eigenvalue weighted by Crippen LogP contribution is 2.14. The Kier molecular flexibility index (Phi) is 14.8. The first-order chi connectivity index (χ1) is 16.4. The van der Waals surface area contributed by atoms with Crippen molar-refractivity contribution in [2.45, 2.75) is 111 Å². The second kappa shape index (κ2) is 15.8. The van der Waals surface area contributed by atoms with Gasteiger partial charge in [0.2, 0.25) is 0 Å². The number of rotatable bonds is 13. The summed E-state index contributed by atoms with van der Waals surface area (Å²) in [7, 11) is 0. The summed E-state index contributed by atoms with van der Waals surface area (Å²) in [5.74, 6) is 0. The van der Waals surface area contributed by atoms with Crippen LogP contribution in [0.15, 0.2) is 0 Å². The van der Waals surface area contributed by atoms with Crippen LogP contribution in [0.4, 0.5) is 14.4 Å². The maximum Gasteiger partial charge on any atom is 0.410 e. The molecule has 0 aliphatic rings. The molecule has 10 nitrogen and oxygen atoms in total. The molecule has 36 heavy (non-hydrogen) atoms. The molecule has 0 radical (unpaired) electrons. The number of hydrogen-bond acceptors (Lipinski definition) is 7. The third kappa shape index (κ3) is 19.0. The molecule has 3 N–H and O–H groups in total. The van der Waals surface area contributed by atoms with Gasteiger partial charge in [-0.05, 0) is 101 Å². The van der Waals surface area contributed by atoms with Crippen molar-refractivity contribution in [1.82, 2.24) is 15.1 Å². The predicted molar refractivity (Wildman–Crippen MR) is 142 cm³/mol. The van der Waals surface area contributed by atoms with Gasteiger partial charge in [0.25, 0.3) is 0 Å². The van der Waals surface area contributed by atoms with Crippen molar-refractivity contribution < 1.29 is 28.6 Å². The largest absolute Gasteiger partial charge is 0.444 e. The summed E-state index contributed by atoms with van der Waals surface area (Å²) in [6, 6.07) is 0. The third-order valence-corrected chi connectivity index (χ3v) is 4.56.